The quantitative estimate of drug-likeness (QED) is 0.857. The molecule has 1 aliphatic heterocycles. The van der Waals surface area contributed by atoms with Crippen molar-refractivity contribution in [2.45, 2.75) is 11.8 Å². The minimum Gasteiger partial charge on any atom is -0.369 e. The lowest BCUT2D eigenvalue weighted by molar-refractivity contribution is -0.121. The number of nitrogens with two attached hydrogens (primary N) is 1. The average molecular weight is 239 g/mol. The van der Waals surface area contributed by atoms with Crippen LogP contribution in [0.4, 0.5) is 0 Å². The molecular weight excluding hydrogens is 226 g/mol. The molecule has 1 aromatic rings. The van der Waals surface area contributed by atoms with E-state index in [9.17, 15) is 4.79 Å². The molecule has 1 aliphatic rings. The summed E-state index contributed by atoms with van der Waals surface area (Å²) in [4.78, 5) is 16.0. The van der Waals surface area contributed by atoms with Gasteiger partial charge in [-0.05, 0) is 17.2 Å². The summed E-state index contributed by atoms with van der Waals surface area (Å²) >= 11 is 0. The van der Waals surface area contributed by atoms with Gasteiger partial charge in [-0.15, -0.1) is 0 Å². The fourth-order valence-corrected chi connectivity index (χ4v) is 2.18. The number of primary amides is 1. The van der Waals surface area contributed by atoms with Crippen LogP contribution in [0, 0.1) is 11.3 Å². The van der Waals surface area contributed by atoms with Crippen molar-refractivity contribution in [3.63, 3.8) is 0 Å². The van der Waals surface area contributed by atoms with Gasteiger partial charge in [-0.1, -0.05) is 30.3 Å². The SMILES string of the molecule is N#CCc1ccccc1C1(C(N)=O)C=CC=NC1. The zero-order chi connectivity index (χ0) is 13.0. The number of hydrogen-bond donors (Lipinski definition) is 1. The predicted octanol–water partition coefficient (Wildman–Crippen LogP) is 1.12. The zero-order valence-electron chi connectivity index (χ0n) is 9.84. The first-order valence-electron chi connectivity index (χ1n) is 5.63. The van der Waals surface area contributed by atoms with Gasteiger partial charge in [0.25, 0.3) is 0 Å². The number of aliphatic imine (C=N–C) groups is 1. The van der Waals surface area contributed by atoms with E-state index in [1.165, 1.54) is 0 Å². The van der Waals surface area contributed by atoms with Gasteiger partial charge >= 0.3 is 0 Å². The van der Waals surface area contributed by atoms with Crippen molar-refractivity contribution in [2.24, 2.45) is 10.7 Å². The minimum atomic E-state index is -0.928. The van der Waals surface area contributed by atoms with Crippen molar-refractivity contribution in [1.82, 2.24) is 0 Å². The average Bonchev–Trinajstić information content (AvgIpc) is 2.40. The second-order valence-corrected chi connectivity index (χ2v) is 4.18. The summed E-state index contributed by atoms with van der Waals surface area (Å²) in [6.45, 7) is 0.293. The highest BCUT2D eigenvalue weighted by Crippen LogP contribution is 2.31. The first-order chi connectivity index (χ1) is 8.70. The Kier molecular flexibility index (Phi) is 3.24. The molecule has 0 saturated heterocycles. The molecule has 0 spiro atoms. The number of benzene rings is 1. The number of hydrogen-bond acceptors (Lipinski definition) is 3. The van der Waals surface area contributed by atoms with Crippen LogP contribution >= 0.6 is 0 Å². The number of allylic oxidation sites excluding steroid dienone is 1. The molecule has 4 heteroatoms. The van der Waals surface area contributed by atoms with Crippen LogP contribution in [0.15, 0.2) is 41.4 Å². The van der Waals surface area contributed by atoms with Crippen LogP contribution in [0.2, 0.25) is 0 Å². The van der Waals surface area contributed by atoms with E-state index in [0.717, 1.165) is 11.1 Å². The zero-order valence-corrected chi connectivity index (χ0v) is 9.84. The molecule has 0 saturated carbocycles. The van der Waals surface area contributed by atoms with Crippen LogP contribution in [-0.4, -0.2) is 18.7 Å². The Morgan fingerprint density at radius 2 is 2.28 bits per heavy atom. The molecule has 1 amide bonds. The van der Waals surface area contributed by atoms with Crippen molar-refractivity contribution in [2.75, 3.05) is 6.54 Å². The Balaban J connectivity index is 2.57. The Bertz CT molecular complexity index is 569. The molecule has 18 heavy (non-hydrogen) atoms. The minimum absolute atomic E-state index is 0.253. The van der Waals surface area contributed by atoms with E-state index in [4.69, 9.17) is 11.0 Å². The second-order valence-electron chi connectivity index (χ2n) is 4.18. The maximum absolute atomic E-state index is 11.8. The van der Waals surface area contributed by atoms with Gasteiger partial charge in [0.05, 0.1) is 19.0 Å². The second kappa shape index (κ2) is 4.84. The molecule has 1 unspecified atom stereocenters. The van der Waals surface area contributed by atoms with Gasteiger partial charge in [-0.2, -0.15) is 5.26 Å². The third kappa shape index (κ3) is 1.91. The first kappa shape index (κ1) is 12.1. The maximum Gasteiger partial charge on any atom is 0.233 e. The predicted molar refractivity (Wildman–Crippen MR) is 69.1 cm³/mol. The monoisotopic (exact) mass is 239 g/mol. The van der Waals surface area contributed by atoms with Crippen LogP contribution < -0.4 is 5.73 Å². The Hall–Kier alpha value is -2.41. The van der Waals surface area contributed by atoms with Gasteiger partial charge in [-0.25, -0.2) is 0 Å². The maximum atomic E-state index is 11.8. The molecule has 0 bridgehead atoms. The Morgan fingerprint density at radius 3 is 2.89 bits per heavy atom. The fourth-order valence-electron chi connectivity index (χ4n) is 2.18. The first-order valence-corrected chi connectivity index (χ1v) is 5.63. The van der Waals surface area contributed by atoms with Crippen LogP contribution in [0.5, 0.6) is 0 Å². The molecule has 0 aliphatic carbocycles. The molecule has 1 heterocycles. The molecule has 1 aromatic carbocycles. The number of carbonyl (C=O) groups excluding carboxylic acids is 1. The molecule has 0 fully saturated rings. The highest BCUT2D eigenvalue weighted by atomic mass is 16.1. The summed E-state index contributed by atoms with van der Waals surface area (Å²) in [6.07, 6.45) is 5.38. The lowest BCUT2D eigenvalue weighted by Gasteiger charge is -2.29. The van der Waals surface area contributed by atoms with Gasteiger partial charge in [0.2, 0.25) is 5.91 Å². The van der Waals surface area contributed by atoms with Gasteiger partial charge in [0, 0.05) is 6.21 Å². The largest absolute Gasteiger partial charge is 0.369 e. The third-order valence-corrected chi connectivity index (χ3v) is 3.12. The molecule has 0 aromatic heterocycles. The molecule has 90 valence electrons. The fraction of sp³-hybridized carbons (Fsp3) is 0.214. The lowest BCUT2D eigenvalue weighted by Crippen LogP contribution is -2.44. The van der Waals surface area contributed by atoms with Crippen molar-refractivity contribution in [3.8, 4) is 6.07 Å². The summed E-state index contributed by atoms with van der Waals surface area (Å²) in [5.41, 5.74) is 6.21. The summed E-state index contributed by atoms with van der Waals surface area (Å²) in [6, 6.07) is 9.47. The van der Waals surface area contributed by atoms with Gasteiger partial charge in [-0.3, -0.25) is 9.79 Å². The van der Waals surface area contributed by atoms with Crippen LogP contribution in [0.1, 0.15) is 11.1 Å². The van der Waals surface area contributed by atoms with E-state index < -0.39 is 11.3 Å². The van der Waals surface area contributed by atoms with E-state index >= 15 is 0 Å². The molecule has 2 rings (SSSR count). The van der Waals surface area contributed by atoms with Gasteiger partial charge in [0.1, 0.15) is 5.41 Å². The van der Waals surface area contributed by atoms with Crippen LogP contribution in [0.3, 0.4) is 0 Å². The summed E-state index contributed by atoms with van der Waals surface area (Å²) in [7, 11) is 0. The van der Waals surface area contributed by atoms with Gasteiger partial charge < -0.3 is 5.73 Å². The molecule has 1 atom stereocenters. The van der Waals surface area contributed by atoms with Crippen molar-refractivity contribution in [3.05, 3.63) is 47.5 Å². The Labute approximate surface area is 105 Å². The van der Waals surface area contributed by atoms with Crippen molar-refractivity contribution in [1.29, 1.82) is 5.26 Å². The standard InChI is InChI=1S/C14H13N3O/c15-8-6-11-4-1-2-5-12(11)14(13(16)18)7-3-9-17-10-14/h1-5,7,9H,6,10H2,(H2,16,18). The number of rotatable bonds is 3. The lowest BCUT2D eigenvalue weighted by atomic mass is 9.76. The third-order valence-electron chi connectivity index (χ3n) is 3.12. The van der Waals surface area contributed by atoms with E-state index in [2.05, 4.69) is 11.1 Å². The van der Waals surface area contributed by atoms with E-state index in [-0.39, 0.29) is 6.42 Å². The number of amides is 1. The number of nitriles is 1. The number of dihydropyridines is 1. The molecule has 4 nitrogen and oxygen atoms in total. The van der Waals surface area contributed by atoms with Crippen molar-refractivity contribution >= 4 is 12.1 Å². The normalized spacial score (nSPS) is 21.5. The van der Waals surface area contributed by atoms with Crippen LogP contribution in [-0.2, 0) is 16.6 Å². The van der Waals surface area contributed by atoms with Gasteiger partial charge in [0.15, 0.2) is 0 Å². The highest BCUT2D eigenvalue weighted by molar-refractivity contribution is 5.92. The van der Waals surface area contributed by atoms with Crippen LogP contribution in [0.25, 0.3) is 0 Å². The topological polar surface area (TPSA) is 79.2 Å². The highest BCUT2D eigenvalue weighted by Gasteiger charge is 2.38. The molecule has 2 N–H and O–H groups in total. The summed E-state index contributed by atoms with van der Waals surface area (Å²) in [5.74, 6) is -0.444. The van der Waals surface area contributed by atoms with E-state index in [1.807, 2.05) is 24.3 Å². The molecule has 0 radical (unpaired) electrons. The number of carbonyl (C=O) groups is 1. The summed E-state index contributed by atoms with van der Waals surface area (Å²) in [5, 5.41) is 8.85. The van der Waals surface area contributed by atoms with E-state index in [0.29, 0.717) is 6.54 Å². The van der Waals surface area contributed by atoms with E-state index in [1.54, 1.807) is 18.4 Å². The Morgan fingerprint density at radius 1 is 1.50 bits per heavy atom. The smallest absolute Gasteiger partial charge is 0.233 e. The summed E-state index contributed by atoms with van der Waals surface area (Å²) < 4.78 is 0. The molecular formula is C14H13N3O. The van der Waals surface area contributed by atoms with Crippen molar-refractivity contribution < 1.29 is 4.79 Å². The number of nitrogens with zero attached hydrogens (tertiary/aromatic N) is 2.